The molecular weight excluding hydrogens is 300 g/mol. The van der Waals surface area contributed by atoms with E-state index in [-0.39, 0.29) is 17.6 Å². The van der Waals surface area contributed by atoms with Gasteiger partial charge in [-0.25, -0.2) is 4.79 Å². The molecule has 2 saturated heterocycles. The lowest BCUT2D eigenvalue weighted by Gasteiger charge is -2.34. The molecule has 3 heterocycles. The number of aryl methyl sites for hydroxylation is 1. The Labute approximate surface area is 133 Å². The van der Waals surface area contributed by atoms with E-state index in [2.05, 4.69) is 15.2 Å². The monoisotopic (exact) mass is 322 g/mol. The standard InChI is InChI=1S/C15H22N4O4/c1-18-7-10(14(21)17-15(18)22)13(20)16-11-8-23-9-12(11)19-5-3-2-4-6-19/h7,11-12H,2-6,8-9H2,1H3,(H,16,20)(H,17,21,22)/t11-,12-/m0/s1. The van der Waals surface area contributed by atoms with Crippen LogP contribution in [0.1, 0.15) is 29.6 Å². The van der Waals surface area contributed by atoms with Gasteiger partial charge in [-0.3, -0.25) is 19.5 Å². The van der Waals surface area contributed by atoms with Crippen molar-refractivity contribution < 1.29 is 9.53 Å². The number of hydrogen-bond donors (Lipinski definition) is 2. The molecule has 0 aliphatic carbocycles. The first-order valence-corrected chi connectivity index (χ1v) is 7.99. The van der Waals surface area contributed by atoms with Crippen molar-refractivity contribution in [3.05, 3.63) is 32.6 Å². The molecular formula is C15H22N4O4. The fraction of sp³-hybridized carbons (Fsp3) is 0.667. The van der Waals surface area contributed by atoms with E-state index in [1.165, 1.54) is 24.2 Å². The molecule has 126 valence electrons. The lowest BCUT2D eigenvalue weighted by molar-refractivity contribution is 0.0897. The number of aromatic nitrogens is 2. The zero-order chi connectivity index (χ0) is 16.4. The Morgan fingerprint density at radius 3 is 2.74 bits per heavy atom. The molecule has 2 atom stereocenters. The van der Waals surface area contributed by atoms with E-state index >= 15 is 0 Å². The summed E-state index contributed by atoms with van der Waals surface area (Å²) in [5.74, 6) is -0.473. The smallest absolute Gasteiger partial charge is 0.328 e. The molecule has 1 aromatic rings. The molecule has 2 aliphatic rings. The summed E-state index contributed by atoms with van der Waals surface area (Å²) >= 11 is 0. The van der Waals surface area contributed by atoms with Crippen LogP contribution in [0.3, 0.4) is 0 Å². The van der Waals surface area contributed by atoms with Gasteiger partial charge in [0.15, 0.2) is 0 Å². The van der Waals surface area contributed by atoms with Gasteiger partial charge in [0.25, 0.3) is 11.5 Å². The molecule has 0 unspecified atom stereocenters. The maximum atomic E-state index is 12.4. The zero-order valence-corrected chi connectivity index (χ0v) is 13.2. The van der Waals surface area contributed by atoms with Gasteiger partial charge < -0.3 is 14.6 Å². The van der Waals surface area contributed by atoms with E-state index in [1.54, 1.807) is 0 Å². The number of nitrogens with one attached hydrogen (secondary N) is 2. The Morgan fingerprint density at radius 1 is 1.26 bits per heavy atom. The Morgan fingerprint density at radius 2 is 2.00 bits per heavy atom. The van der Waals surface area contributed by atoms with E-state index in [1.807, 2.05) is 0 Å². The van der Waals surface area contributed by atoms with Crippen molar-refractivity contribution in [2.24, 2.45) is 7.05 Å². The summed E-state index contributed by atoms with van der Waals surface area (Å²) in [5, 5.41) is 2.89. The molecule has 1 amide bonds. The van der Waals surface area contributed by atoms with Crippen LogP contribution < -0.4 is 16.6 Å². The van der Waals surface area contributed by atoms with E-state index in [9.17, 15) is 14.4 Å². The molecule has 0 spiro atoms. The van der Waals surface area contributed by atoms with Crippen molar-refractivity contribution in [2.45, 2.75) is 31.3 Å². The minimum atomic E-state index is -0.668. The van der Waals surface area contributed by atoms with Crippen molar-refractivity contribution in [2.75, 3.05) is 26.3 Å². The van der Waals surface area contributed by atoms with Crippen LogP contribution in [-0.2, 0) is 11.8 Å². The predicted molar refractivity (Wildman–Crippen MR) is 83.6 cm³/mol. The summed E-state index contributed by atoms with van der Waals surface area (Å²) in [7, 11) is 1.49. The lowest BCUT2D eigenvalue weighted by atomic mass is 10.0. The van der Waals surface area contributed by atoms with Gasteiger partial charge in [0.2, 0.25) is 0 Å². The Kier molecular flexibility index (Phi) is 4.63. The van der Waals surface area contributed by atoms with Gasteiger partial charge in [-0.15, -0.1) is 0 Å². The SMILES string of the molecule is Cn1cc(C(=O)N[C@H]2COC[C@@H]2N2CCCCC2)c(=O)[nH]c1=O. The molecule has 1 aromatic heterocycles. The third-order valence-electron chi connectivity index (χ3n) is 4.58. The largest absolute Gasteiger partial charge is 0.378 e. The van der Waals surface area contributed by atoms with Crippen molar-refractivity contribution >= 4 is 5.91 Å². The van der Waals surface area contributed by atoms with Gasteiger partial charge >= 0.3 is 5.69 Å². The minimum absolute atomic E-state index is 0.0589. The summed E-state index contributed by atoms with van der Waals surface area (Å²) in [6.07, 6.45) is 4.84. The topological polar surface area (TPSA) is 96.4 Å². The van der Waals surface area contributed by atoms with Crippen LogP contribution in [0, 0.1) is 0 Å². The second-order valence-corrected chi connectivity index (χ2v) is 6.19. The highest BCUT2D eigenvalue weighted by Gasteiger charge is 2.35. The fourth-order valence-corrected chi connectivity index (χ4v) is 3.26. The lowest BCUT2D eigenvalue weighted by Crippen LogP contribution is -2.53. The Bertz CT molecular complexity index is 689. The molecule has 8 nitrogen and oxygen atoms in total. The summed E-state index contributed by atoms with van der Waals surface area (Å²) < 4.78 is 6.72. The number of piperidine rings is 1. The van der Waals surface area contributed by atoms with Gasteiger partial charge in [0.1, 0.15) is 5.56 Å². The summed E-state index contributed by atoms with van der Waals surface area (Å²) in [6.45, 7) is 3.06. The number of aromatic amines is 1. The van der Waals surface area contributed by atoms with Gasteiger partial charge in [-0.1, -0.05) is 6.42 Å². The van der Waals surface area contributed by atoms with Gasteiger partial charge in [-0.2, -0.15) is 0 Å². The van der Waals surface area contributed by atoms with E-state index < -0.39 is 17.2 Å². The number of likely N-dealkylation sites (tertiary alicyclic amines) is 1. The van der Waals surface area contributed by atoms with E-state index in [0.717, 1.165) is 25.9 Å². The predicted octanol–water partition coefficient (Wildman–Crippen LogP) is -0.943. The second-order valence-electron chi connectivity index (χ2n) is 6.19. The molecule has 0 aromatic carbocycles. The molecule has 23 heavy (non-hydrogen) atoms. The van der Waals surface area contributed by atoms with Crippen LogP contribution in [0.4, 0.5) is 0 Å². The minimum Gasteiger partial charge on any atom is -0.378 e. The highest BCUT2D eigenvalue weighted by Crippen LogP contribution is 2.19. The number of ether oxygens (including phenoxy) is 1. The molecule has 2 aliphatic heterocycles. The van der Waals surface area contributed by atoms with Crippen molar-refractivity contribution in [3.8, 4) is 0 Å². The molecule has 2 N–H and O–H groups in total. The number of carbonyl (C=O) groups is 1. The first-order chi connectivity index (χ1) is 11.1. The second kappa shape index (κ2) is 6.67. The highest BCUT2D eigenvalue weighted by molar-refractivity contribution is 5.93. The van der Waals surface area contributed by atoms with Crippen molar-refractivity contribution in [3.63, 3.8) is 0 Å². The van der Waals surface area contributed by atoms with E-state index in [4.69, 9.17) is 4.74 Å². The highest BCUT2D eigenvalue weighted by atomic mass is 16.5. The van der Waals surface area contributed by atoms with E-state index in [0.29, 0.717) is 13.2 Å². The quantitative estimate of drug-likeness (QED) is 0.748. The number of nitrogens with zero attached hydrogens (tertiary/aromatic N) is 2. The van der Waals surface area contributed by atoms with Crippen LogP contribution >= 0.6 is 0 Å². The fourth-order valence-electron chi connectivity index (χ4n) is 3.26. The normalized spacial score (nSPS) is 25.4. The van der Waals surface area contributed by atoms with Crippen molar-refractivity contribution in [1.82, 2.24) is 19.8 Å². The Balaban J connectivity index is 1.73. The van der Waals surface area contributed by atoms with Gasteiger partial charge in [-0.05, 0) is 25.9 Å². The molecule has 8 heteroatoms. The van der Waals surface area contributed by atoms with Crippen molar-refractivity contribution in [1.29, 1.82) is 0 Å². The number of amides is 1. The molecule has 0 radical (unpaired) electrons. The van der Waals surface area contributed by atoms with Crippen LogP contribution in [-0.4, -0.2) is 58.7 Å². The number of carbonyl (C=O) groups excluding carboxylic acids is 1. The number of rotatable bonds is 3. The van der Waals surface area contributed by atoms with Crippen LogP contribution in [0.5, 0.6) is 0 Å². The van der Waals surface area contributed by atoms with Crippen LogP contribution in [0.25, 0.3) is 0 Å². The zero-order valence-electron chi connectivity index (χ0n) is 13.2. The molecule has 0 saturated carbocycles. The molecule has 0 bridgehead atoms. The number of H-pyrrole nitrogens is 1. The third-order valence-corrected chi connectivity index (χ3v) is 4.58. The number of hydrogen-bond acceptors (Lipinski definition) is 5. The van der Waals surface area contributed by atoms with Crippen LogP contribution in [0.15, 0.2) is 15.8 Å². The maximum absolute atomic E-state index is 12.4. The molecule has 2 fully saturated rings. The average Bonchev–Trinajstić information content (AvgIpc) is 2.99. The first-order valence-electron chi connectivity index (χ1n) is 7.99. The first kappa shape index (κ1) is 15.9. The summed E-state index contributed by atoms with van der Waals surface area (Å²) in [6, 6.07) is 0.00287. The maximum Gasteiger partial charge on any atom is 0.328 e. The third kappa shape index (κ3) is 3.37. The van der Waals surface area contributed by atoms with Gasteiger partial charge in [0.05, 0.1) is 25.3 Å². The van der Waals surface area contributed by atoms with Crippen LogP contribution in [0.2, 0.25) is 0 Å². The molecule has 3 rings (SSSR count). The summed E-state index contributed by atoms with van der Waals surface area (Å²) in [4.78, 5) is 40.1. The average molecular weight is 322 g/mol. The summed E-state index contributed by atoms with van der Waals surface area (Å²) in [5.41, 5.74) is -1.27. The Hall–Kier alpha value is -1.93. The van der Waals surface area contributed by atoms with Gasteiger partial charge in [0, 0.05) is 13.2 Å².